The standard InChI is InChI=1S/C63H113NO8/c1-6-8-10-12-14-16-18-19-20-21-22-23-24-25-26-27-28-29-30-31-32-33-34-35-36-37-38-39-40-41-42-43-44-46-48-50-52-54-61(66)72-59(58-71-63(62(67)68)69-56-55-64(3,4)5)57-70-60(65)53-51-49-47-45-17-15-13-11-9-7-2/h8,10-11,13-14,16,19-20,22-23,59,63H,6-7,9,12,15,17-18,21,24-58H2,1-5H3/b10-8-,13-11-,16-14-,20-19-,23-22-. The summed E-state index contributed by atoms with van der Waals surface area (Å²) in [5, 5.41) is 11.7. The number of carboxylic acid groups (broad SMARTS) is 1. The number of aliphatic carboxylic acids is 1. The molecular formula is C63H113NO8. The van der Waals surface area contributed by atoms with Crippen LogP contribution in [0.5, 0.6) is 0 Å². The van der Waals surface area contributed by atoms with Crippen LogP contribution < -0.4 is 5.11 Å². The summed E-state index contributed by atoms with van der Waals surface area (Å²) in [6.45, 7) is 4.57. The van der Waals surface area contributed by atoms with Gasteiger partial charge in [0.2, 0.25) is 0 Å². The van der Waals surface area contributed by atoms with Crippen LogP contribution in [0.15, 0.2) is 60.8 Å². The first kappa shape index (κ1) is 69.0. The van der Waals surface area contributed by atoms with Crippen LogP contribution in [-0.4, -0.2) is 82.3 Å². The molecular weight excluding hydrogens is 899 g/mol. The molecule has 2 atom stereocenters. The van der Waals surface area contributed by atoms with Gasteiger partial charge in [-0.2, -0.15) is 0 Å². The minimum atomic E-state index is -1.62. The van der Waals surface area contributed by atoms with Crippen LogP contribution in [-0.2, 0) is 33.3 Å². The molecule has 0 saturated heterocycles. The van der Waals surface area contributed by atoms with Crippen molar-refractivity contribution in [3.63, 3.8) is 0 Å². The number of hydrogen-bond acceptors (Lipinski definition) is 8. The Morgan fingerprint density at radius 2 is 0.792 bits per heavy atom. The summed E-state index contributed by atoms with van der Waals surface area (Å²) < 4.78 is 22.6. The number of unbranched alkanes of at least 4 members (excludes halogenated alkanes) is 30. The van der Waals surface area contributed by atoms with Gasteiger partial charge in [-0.3, -0.25) is 9.59 Å². The average Bonchev–Trinajstić information content (AvgIpc) is 3.35. The van der Waals surface area contributed by atoms with E-state index in [4.69, 9.17) is 18.9 Å². The summed E-state index contributed by atoms with van der Waals surface area (Å²) in [6, 6.07) is 0. The Labute approximate surface area is 444 Å². The van der Waals surface area contributed by atoms with Crippen LogP contribution in [0.1, 0.15) is 264 Å². The summed E-state index contributed by atoms with van der Waals surface area (Å²) in [5.74, 6) is -2.29. The molecule has 0 aliphatic heterocycles. The number of hydrogen-bond donors (Lipinski definition) is 0. The third kappa shape index (κ3) is 54.8. The number of carboxylic acids is 1. The van der Waals surface area contributed by atoms with Crippen molar-refractivity contribution in [1.82, 2.24) is 0 Å². The molecule has 0 saturated carbocycles. The molecule has 0 bridgehead atoms. The van der Waals surface area contributed by atoms with Gasteiger partial charge in [-0.1, -0.05) is 242 Å². The SMILES string of the molecule is CC/C=C\C/C=C\C/C=C\C/C=C\CCCCCCCCCCCCCCCCCCCCCCCCCCC(=O)OC(COC(=O)CCCCCCC/C=C\CCC)COC(OCC[N+](C)(C)C)C(=O)[O-]. The van der Waals surface area contributed by atoms with E-state index in [9.17, 15) is 19.5 Å². The van der Waals surface area contributed by atoms with Crippen molar-refractivity contribution in [2.75, 3.05) is 47.5 Å². The second kappa shape index (κ2) is 54.3. The monoisotopic (exact) mass is 1010 g/mol. The number of carbonyl (C=O) groups is 3. The number of ether oxygens (including phenoxy) is 4. The molecule has 0 rings (SSSR count). The molecule has 0 N–H and O–H groups in total. The van der Waals surface area contributed by atoms with Gasteiger partial charge in [-0.05, 0) is 70.6 Å². The van der Waals surface area contributed by atoms with Crippen LogP contribution >= 0.6 is 0 Å². The maximum absolute atomic E-state index is 12.8. The van der Waals surface area contributed by atoms with Gasteiger partial charge >= 0.3 is 11.9 Å². The molecule has 9 heteroatoms. The molecule has 2 unspecified atom stereocenters. The number of likely N-dealkylation sites (N-methyl/N-ethyl adjacent to an activating group) is 1. The number of nitrogens with zero attached hydrogens (tertiary/aromatic N) is 1. The first-order valence-electron chi connectivity index (χ1n) is 29.9. The largest absolute Gasteiger partial charge is 0.545 e. The zero-order chi connectivity index (χ0) is 52.7. The molecule has 0 amide bonds. The summed E-state index contributed by atoms with van der Waals surface area (Å²) >= 11 is 0. The second-order valence-electron chi connectivity index (χ2n) is 21.3. The van der Waals surface area contributed by atoms with Crippen molar-refractivity contribution in [2.24, 2.45) is 0 Å². The van der Waals surface area contributed by atoms with Gasteiger partial charge in [0, 0.05) is 12.8 Å². The van der Waals surface area contributed by atoms with Gasteiger partial charge in [-0.25, -0.2) is 0 Å². The fourth-order valence-corrected chi connectivity index (χ4v) is 8.41. The van der Waals surface area contributed by atoms with Crippen molar-refractivity contribution >= 4 is 17.9 Å². The van der Waals surface area contributed by atoms with Crippen LogP contribution in [0.25, 0.3) is 0 Å². The lowest BCUT2D eigenvalue weighted by Crippen LogP contribution is -2.44. The predicted octanol–water partition coefficient (Wildman–Crippen LogP) is 16.3. The van der Waals surface area contributed by atoms with Crippen LogP contribution in [0.4, 0.5) is 0 Å². The Balaban J connectivity index is 3.93. The highest BCUT2D eigenvalue weighted by molar-refractivity contribution is 5.70. The van der Waals surface area contributed by atoms with Crippen molar-refractivity contribution in [3.05, 3.63) is 60.8 Å². The quantitative estimate of drug-likeness (QED) is 0.0195. The van der Waals surface area contributed by atoms with E-state index in [1.807, 2.05) is 21.1 Å². The Hall–Kier alpha value is -3.01. The molecule has 0 heterocycles. The fourth-order valence-electron chi connectivity index (χ4n) is 8.41. The maximum atomic E-state index is 12.8. The average molecular weight is 1010 g/mol. The number of quaternary nitrogens is 1. The van der Waals surface area contributed by atoms with Crippen molar-refractivity contribution in [3.8, 4) is 0 Å². The molecule has 0 radical (unpaired) electrons. The van der Waals surface area contributed by atoms with Crippen molar-refractivity contribution in [2.45, 2.75) is 277 Å². The third-order valence-electron chi connectivity index (χ3n) is 13.0. The normalized spacial score (nSPS) is 13.2. The van der Waals surface area contributed by atoms with Gasteiger partial charge in [0.15, 0.2) is 12.4 Å². The summed E-state index contributed by atoms with van der Waals surface area (Å²) in [4.78, 5) is 37.1. The molecule has 0 aliphatic rings. The van der Waals surface area contributed by atoms with E-state index < -0.39 is 24.3 Å². The van der Waals surface area contributed by atoms with Crippen molar-refractivity contribution in [1.29, 1.82) is 0 Å². The van der Waals surface area contributed by atoms with E-state index >= 15 is 0 Å². The number of esters is 2. The first-order valence-corrected chi connectivity index (χ1v) is 29.9. The number of rotatable bonds is 55. The van der Waals surface area contributed by atoms with E-state index in [0.29, 0.717) is 17.4 Å². The lowest BCUT2D eigenvalue weighted by Gasteiger charge is -2.26. The fraction of sp³-hybridized carbons (Fsp3) is 0.794. The minimum Gasteiger partial charge on any atom is -0.545 e. The Kier molecular flexibility index (Phi) is 52.0. The maximum Gasteiger partial charge on any atom is 0.306 e. The Bertz CT molecular complexity index is 1360. The molecule has 0 aromatic carbocycles. The molecule has 0 aromatic heterocycles. The molecule has 418 valence electrons. The van der Waals surface area contributed by atoms with Gasteiger partial charge in [0.05, 0.1) is 40.3 Å². The lowest BCUT2D eigenvalue weighted by molar-refractivity contribution is -0.870. The highest BCUT2D eigenvalue weighted by Gasteiger charge is 2.22. The van der Waals surface area contributed by atoms with Gasteiger partial charge in [0.25, 0.3) is 0 Å². The summed E-state index contributed by atoms with van der Waals surface area (Å²) in [7, 11) is 5.92. The predicted molar refractivity (Wildman–Crippen MR) is 302 cm³/mol. The number of carbonyl (C=O) groups excluding carboxylic acids is 3. The molecule has 0 aliphatic carbocycles. The van der Waals surface area contributed by atoms with Crippen LogP contribution in [0.2, 0.25) is 0 Å². The summed E-state index contributed by atoms with van der Waals surface area (Å²) in [6.07, 6.45) is 66.0. The topological polar surface area (TPSA) is 111 Å². The second-order valence-corrected chi connectivity index (χ2v) is 21.3. The van der Waals surface area contributed by atoms with Crippen LogP contribution in [0, 0.1) is 0 Å². The Morgan fingerprint density at radius 3 is 1.19 bits per heavy atom. The number of allylic oxidation sites excluding steroid dienone is 10. The van der Waals surface area contributed by atoms with Crippen molar-refractivity contribution < 1.29 is 42.9 Å². The van der Waals surface area contributed by atoms with E-state index in [2.05, 4.69) is 74.6 Å². The highest BCUT2D eigenvalue weighted by Crippen LogP contribution is 2.17. The van der Waals surface area contributed by atoms with Gasteiger partial charge < -0.3 is 33.3 Å². The third-order valence-corrected chi connectivity index (χ3v) is 13.0. The molecule has 0 aromatic rings. The zero-order valence-corrected chi connectivity index (χ0v) is 47.5. The van der Waals surface area contributed by atoms with E-state index in [1.54, 1.807) is 0 Å². The van der Waals surface area contributed by atoms with Gasteiger partial charge in [0.1, 0.15) is 13.2 Å². The molecule has 9 nitrogen and oxygen atoms in total. The molecule has 0 fully saturated rings. The minimum absolute atomic E-state index is 0.147. The zero-order valence-electron chi connectivity index (χ0n) is 47.5. The Morgan fingerprint density at radius 1 is 0.431 bits per heavy atom. The van der Waals surface area contributed by atoms with E-state index in [0.717, 1.165) is 83.5 Å². The summed E-state index contributed by atoms with van der Waals surface area (Å²) in [5.41, 5.74) is 0. The molecule has 72 heavy (non-hydrogen) atoms. The molecule has 0 spiro atoms. The van der Waals surface area contributed by atoms with Gasteiger partial charge in [-0.15, -0.1) is 0 Å². The van der Waals surface area contributed by atoms with Crippen LogP contribution in [0.3, 0.4) is 0 Å². The lowest BCUT2D eigenvalue weighted by atomic mass is 10.0. The smallest absolute Gasteiger partial charge is 0.306 e. The van der Waals surface area contributed by atoms with E-state index in [1.165, 1.54) is 148 Å². The highest BCUT2D eigenvalue weighted by atomic mass is 16.7. The van der Waals surface area contributed by atoms with E-state index in [-0.39, 0.29) is 38.6 Å². The first-order chi connectivity index (χ1) is 35.1.